The number of ether oxygens (including phenoxy) is 1. The molecule has 0 amide bonds. The van der Waals surface area contributed by atoms with Gasteiger partial charge in [-0.2, -0.15) is 0 Å². The molecule has 1 aromatic heterocycles. The molecule has 0 fully saturated rings. The van der Waals surface area contributed by atoms with Crippen molar-refractivity contribution in [3.8, 4) is 0 Å². The maximum absolute atomic E-state index is 11.9. The van der Waals surface area contributed by atoms with Gasteiger partial charge in [0.1, 0.15) is 12.2 Å². The average Bonchev–Trinajstić information content (AvgIpc) is 2.97. The van der Waals surface area contributed by atoms with Crippen molar-refractivity contribution in [2.45, 2.75) is 19.8 Å². The van der Waals surface area contributed by atoms with E-state index in [-0.39, 0.29) is 17.2 Å². The van der Waals surface area contributed by atoms with Crippen LogP contribution in [-0.4, -0.2) is 39.3 Å². The molecular weight excluding hydrogens is 314 g/mol. The first kappa shape index (κ1) is 17.4. The van der Waals surface area contributed by atoms with Gasteiger partial charge in [0.05, 0.1) is 17.6 Å². The van der Waals surface area contributed by atoms with Gasteiger partial charge in [-0.15, -0.1) is 10.2 Å². The molecule has 0 bridgehead atoms. The van der Waals surface area contributed by atoms with Gasteiger partial charge in [0.15, 0.2) is 0 Å². The number of anilines is 1. The standard InChI is InChI=1S/C15H19N5O4/c1-9-5-12(11(15(21)24-4)6-13(9)20(22)23)16-7-10(2)14-18-17-8-19(14)3/h5-6,8,10,16H,7H2,1-4H3/t10-/m1/s1. The van der Waals surface area contributed by atoms with Gasteiger partial charge in [0.25, 0.3) is 5.69 Å². The van der Waals surface area contributed by atoms with E-state index in [0.29, 0.717) is 17.8 Å². The molecule has 1 atom stereocenters. The predicted octanol–water partition coefficient (Wildman–Crippen LogP) is 2.03. The summed E-state index contributed by atoms with van der Waals surface area (Å²) in [5.74, 6) is 0.186. The Morgan fingerprint density at radius 2 is 2.21 bits per heavy atom. The Morgan fingerprint density at radius 1 is 1.50 bits per heavy atom. The molecule has 128 valence electrons. The van der Waals surface area contributed by atoms with Crippen molar-refractivity contribution in [2.24, 2.45) is 7.05 Å². The van der Waals surface area contributed by atoms with Crippen LogP contribution in [0.25, 0.3) is 0 Å². The summed E-state index contributed by atoms with van der Waals surface area (Å²) in [6.45, 7) is 4.07. The van der Waals surface area contributed by atoms with Crippen molar-refractivity contribution < 1.29 is 14.5 Å². The van der Waals surface area contributed by atoms with Crippen molar-refractivity contribution in [2.75, 3.05) is 19.0 Å². The number of hydrogen-bond acceptors (Lipinski definition) is 7. The van der Waals surface area contributed by atoms with Gasteiger partial charge < -0.3 is 14.6 Å². The Kier molecular flexibility index (Phi) is 5.12. The Morgan fingerprint density at radius 3 is 2.75 bits per heavy atom. The third-order valence-corrected chi connectivity index (χ3v) is 3.72. The zero-order valence-electron chi connectivity index (χ0n) is 13.9. The van der Waals surface area contributed by atoms with E-state index < -0.39 is 10.9 Å². The number of nitrogens with one attached hydrogen (secondary N) is 1. The zero-order chi connectivity index (χ0) is 17.9. The first-order valence-corrected chi connectivity index (χ1v) is 7.30. The molecule has 9 nitrogen and oxygen atoms in total. The molecule has 0 saturated carbocycles. The minimum atomic E-state index is -0.632. The largest absolute Gasteiger partial charge is 0.465 e. The van der Waals surface area contributed by atoms with Crippen molar-refractivity contribution in [3.63, 3.8) is 0 Å². The lowest BCUT2D eigenvalue weighted by Crippen LogP contribution is -2.16. The molecular formula is C15H19N5O4. The molecule has 0 spiro atoms. The maximum Gasteiger partial charge on any atom is 0.340 e. The first-order valence-electron chi connectivity index (χ1n) is 7.30. The van der Waals surface area contributed by atoms with Crippen LogP contribution in [0.5, 0.6) is 0 Å². The normalized spacial score (nSPS) is 11.8. The maximum atomic E-state index is 11.9. The van der Waals surface area contributed by atoms with Crippen molar-refractivity contribution >= 4 is 17.3 Å². The number of esters is 1. The molecule has 0 saturated heterocycles. The fraction of sp³-hybridized carbons (Fsp3) is 0.400. The Bertz CT molecular complexity index is 771. The van der Waals surface area contributed by atoms with Crippen LogP contribution in [0.4, 0.5) is 11.4 Å². The van der Waals surface area contributed by atoms with Crippen LogP contribution in [0, 0.1) is 17.0 Å². The highest BCUT2D eigenvalue weighted by molar-refractivity contribution is 5.96. The highest BCUT2D eigenvalue weighted by atomic mass is 16.6. The first-order chi connectivity index (χ1) is 11.3. The minimum Gasteiger partial charge on any atom is -0.465 e. The molecule has 0 unspecified atom stereocenters. The lowest BCUT2D eigenvalue weighted by Gasteiger charge is -2.15. The lowest BCUT2D eigenvalue weighted by atomic mass is 10.1. The highest BCUT2D eigenvalue weighted by Crippen LogP contribution is 2.28. The van der Waals surface area contributed by atoms with Crippen LogP contribution in [-0.2, 0) is 11.8 Å². The number of nitrogens with zero attached hydrogens (tertiary/aromatic N) is 4. The Labute approximate surface area is 138 Å². The molecule has 1 heterocycles. The molecule has 0 aliphatic rings. The summed E-state index contributed by atoms with van der Waals surface area (Å²) in [6, 6.07) is 2.81. The third kappa shape index (κ3) is 3.50. The van der Waals surface area contributed by atoms with Crippen molar-refractivity contribution in [1.29, 1.82) is 0 Å². The molecule has 0 radical (unpaired) electrons. The second-order valence-electron chi connectivity index (χ2n) is 5.51. The van der Waals surface area contributed by atoms with Crippen LogP contribution in [0.15, 0.2) is 18.5 Å². The number of methoxy groups -OCH3 is 1. The predicted molar refractivity (Wildman–Crippen MR) is 87.1 cm³/mol. The number of rotatable bonds is 6. The summed E-state index contributed by atoms with van der Waals surface area (Å²) in [5, 5.41) is 22.1. The van der Waals surface area contributed by atoms with Crippen LogP contribution in [0.2, 0.25) is 0 Å². The minimum absolute atomic E-state index is 0.0264. The van der Waals surface area contributed by atoms with E-state index in [4.69, 9.17) is 4.74 Å². The van der Waals surface area contributed by atoms with E-state index in [1.54, 1.807) is 19.3 Å². The fourth-order valence-corrected chi connectivity index (χ4v) is 2.41. The van der Waals surface area contributed by atoms with Gasteiger partial charge >= 0.3 is 5.97 Å². The van der Waals surface area contributed by atoms with E-state index in [1.165, 1.54) is 13.2 Å². The van der Waals surface area contributed by atoms with E-state index in [9.17, 15) is 14.9 Å². The topological polar surface area (TPSA) is 112 Å². The summed E-state index contributed by atoms with van der Waals surface area (Å²) in [4.78, 5) is 22.5. The highest BCUT2D eigenvalue weighted by Gasteiger charge is 2.21. The number of aromatic nitrogens is 3. The number of carbonyl (C=O) groups is 1. The molecule has 0 aliphatic heterocycles. The molecule has 24 heavy (non-hydrogen) atoms. The quantitative estimate of drug-likeness (QED) is 0.489. The van der Waals surface area contributed by atoms with E-state index in [0.717, 1.165) is 5.82 Å². The van der Waals surface area contributed by atoms with Crippen LogP contribution < -0.4 is 5.32 Å². The average molecular weight is 333 g/mol. The third-order valence-electron chi connectivity index (χ3n) is 3.72. The van der Waals surface area contributed by atoms with Crippen LogP contribution in [0.1, 0.15) is 34.6 Å². The van der Waals surface area contributed by atoms with Crippen molar-refractivity contribution in [1.82, 2.24) is 14.8 Å². The SMILES string of the molecule is COC(=O)c1cc([N+](=O)[O-])c(C)cc1NC[C@@H](C)c1nncn1C. The summed E-state index contributed by atoms with van der Waals surface area (Å²) in [6.07, 6.45) is 1.61. The Balaban J connectivity index is 2.28. The number of benzene rings is 1. The summed E-state index contributed by atoms with van der Waals surface area (Å²) >= 11 is 0. The van der Waals surface area contributed by atoms with E-state index in [1.807, 2.05) is 18.5 Å². The summed E-state index contributed by atoms with van der Waals surface area (Å²) in [5.41, 5.74) is 0.947. The smallest absolute Gasteiger partial charge is 0.340 e. The molecule has 2 aromatic rings. The van der Waals surface area contributed by atoms with Gasteiger partial charge in [0, 0.05) is 36.8 Å². The number of hydrogen-bond donors (Lipinski definition) is 1. The molecule has 1 N–H and O–H groups in total. The van der Waals surface area contributed by atoms with Crippen molar-refractivity contribution in [3.05, 3.63) is 45.5 Å². The van der Waals surface area contributed by atoms with Gasteiger partial charge in [-0.3, -0.25) is 10.1 Å². The summed E-state index contributed by atoms with van der Waals surface area (Å²) < 4.78 is 6.54. The monoisotopic (exact) mass is 333 g/mol. The second-order valence-corrected chi connectivity index (χ2v) is 5.51. The lowest BCUT2D eigenvalue weighted by molar-refractivity contribution is -0.385. The molecule has 9 heteroatoms. The van der Waals surface area contributed by atoms with Gasteiger partial charge in [-0.05, 0) is 13.0 Å². The van der Waals surface area contributed by atoms with E-state index in [2.05, 4.69) is 15.5 Å². The number of nitro groups is 1. The Hall–Kier alpha value is -2.97. The van der Waals surface area contributed by atoms with Crippen LogP contribution in [0.3, 0.4) is 0 Å². The fourth-order valence-electron chi connectivity index (χ4n) is 2.41. The number of nitro benzene ring substituents is 1. The molecule has 0 aliphatic carbocycles. The number of aryl methyl sites for hydroxylation is 2. The molecule has 1 aromatic carbocycles. The second kappa shape index (κ2) is 7.07. The van der Waals surface area contributed by atoms with Crippen LogP contribution >= 0.6 is 0 Å². The summed E-state index contributed by atoms with van der Waals surface area (Å²) in [7, 11) is 3.09. The van der Waals surface area contributed by atoms with E-state index >= 15 is 0 Å². The zero-order valence-corrected chi connectivity index (χ0v) is 13.9. The van der Waals surface area contributed by atoms with Gasteiger partial charge in [-0.1, -0.05) is 6.92 Å². The number of carbonyl (C=O) groups excluding carboxylic acids is 1. The van der Waals surface area contributed by atoms with Gasteiger partial charge in [-0.25, -0.2) is 4.79 Å². The van der Waals surface area contributed by atoms with Gasteiger partial charge in [0.2, 0.25) is 0 Å². The molecule has 2 rings (SSSR count).